The molecule has 0 aromatic carbocycles. The zero-order valence-corrected chi connectivity index (χ0v) is 13.7. The Bertz CT molecular complexity index is 547. The van der Waals surface area contributed by atoms with Gasteiger partial charge in [0.15, 0.2) is 0 Å². The van der Waals surface area contributed by atoms with Crippen molar-refractivity contribution in [3.8, 4) is 0 Å². The van der Waals surface area contributed by atoms with Crippen molar-refractivity contribution in [2.45, 2.75) is 25.8 Å². The smallest absolute Gasteiger partial charge is 0.226 e. The predicted octanol–water partition coefficient (Wildman–Crippen LogP) is 1.12. The summed E-state index contributed by atoms with van der Waals surface area (Å²) in [4.78, 5) is 21.7. The van der Waals surface area contributed by atoms with E-state index >= 15 is 0 Å². The van der Waals surface area contributed by atoms with Crippen LogP contribution in [0.1, 0.15) is 25.0 Å². The largest absolute Gasteiger partial charge is 0.340 e. The van der Waals surface area contributed by atoms with E-state index in [1.54, 1.807) is 0 Å². The summed E-state index contributed by atoms with van der Waals surface area (Å²) in [5.41, 5.74) is 1.47. The Balaban J connectivity index is 1.27. The molecule has 1 aliphatic carbocycles. The van der Waals surface area contributed by atoms with Crippen molar-refractivity contribution in [1.82, 2.24) is 20.1 Å². The van der Waals surface area contributed by atoms with Gasteiger partial charge in [0.25, 0.3) is 0 Å². The fourth-order valence-electron chi connectivity index (χ4n) is 4.24. The Kier molecular flexibility index (Phi) is 4.07. The van der Waals surface area contributed by atoms with Crippen molar-refractivity contribution in [1.29, 1.82) is 0 Å². The highest BCUT2D eigenvalue weighted by Gasteiger charge is 2.58. The highest BCUT2D eigenvalue weighted by atomic mass is 16.2. The third-order valence-electron chi connectivity index (χ3n) is 5.88. The van der Waals surface area contributed by atoms with Crippen LogP contribution in [0, 0.1) is 11.3 Å². The van der Waals surface area contributed by atoms with Gasteiger partial charge in [-0.25, -0.2) is 0 Å². The first-order valence-corrected chi connectivity index (χ1v) is 8.89. The van der Waals surface area contributed by atoms with Gasteiger partial charge in [0.2, 0.25) is 5.91 Å². The van der Waals surface area contributed by atoms with Crippen LogP contribution in [0.2, 0.25) is 0 Å². The molecular weight excluding hydrogens is 288 g/mol. The number of piperidine rings is 1. The lowest BCUT2D eigenvalue weighted by Crippen LogP contribution is -2.49. The number of carbonyl (C=O) groups is 1. The van der Waals surface area contributed by atoms with Crippen LogP contribution < -0.4 is 5.32 Å². The van der Waals surface area contributed by atoms with Gasteiger partial charge in [0.05, 0.1) is 5.69 Å². The molecule has 3 fully saturated rings. The fourth-order valence-corrected chi connectivity index (χ4v) is 4.24. The highest BCUT2D eigenvalue weighted by Crippen LogP contribution is 2.59. The molecule has 0 bridgehead atoms. The number of hydrogen-bond donors (Lipinski definition) is 1. The van der Waals surface area contributed by atoms with E-state index in [9.17, 15) is 4.79 Å². The zero-order valence-electron chi connectivity index (χ0n) is 13.7. The number of pyridine rings is 1. The first kappa shape index (κ1) is 15.1. The lowest BCUT2D eigenvalue weighted by Gasteiger charge is -2.35. The lowest BCUT2D eigenvalue weighted by molar-refractivity contribution is -0.135. The molecule has 2 aliphatic heterocycles. The maximum absolute atomic E-state index is 12.8. The second-order valence-corrected chi connectivity index (χ2v) is 7.29. The Morgan fingerprint density at radius 3 is 2.70 bits per heavy atom. The number of aromatic nitrogens is 1. The standard InChI is InChI=1S/C18H26N4O/c23-17(16-13-18(16)4-7-19-8-5-18)22-11-9-21(10-12-22)14-15-3-1-2-6-20-15/h1-3,6,16,19H,4-5,7-14H2. The van der Waals surface area contributed by atoms with Crippen LogP contribution in [-0.2, 0) is 11.3 Å². The lowest BCUT2D eigenvalue weighted by atomic mass is 9.91. The predicted molar refractivity (Wildman–Crippen MR) is 88.7 cm³/mol. The van der Waals surface area contributed by atoms with E-state index < -0.39 is 0 Å². The summed E-state index contributed by atoms with van der Waals surface area (Å²) in [5, 5.41) is 3.41. The number of amides is 1. The Morgan fingerprint density at radius 2 is 2.00 bits per heavy atom. The zero-order chi connectivity index (χ0) is 15.7. The summed E-state index contributed by atoms with van der Waals surface area (Å²) < 4.78 is 0. The van der Waals surface area contributed by atoms with Crippen LogP contribution in [0.4, 0.5) is 0 Å². The van der Waals surface area contributed by atoms with E-state index in [0.717, 1.165) is 57.9 Å². The Labute approximate surface area is 138 Å². The summed E-state index contributed by atoms with van der Waals surface area (Å²) in [6.07, 6.45) is 5.34. The summed E-state index contributed by atoms with van der Waals surface area (Å²) in [5.74, 6) is 0.733. The molecule has 5 nitrogen and oxygen atoms in total. The van der Waals surface area contributed by atoms with Gasteiger partial charge in [-0.05, 0) is 49.9 Å². The van der Waals surface area contributed by atoms with Crippen LogP contribution in [0.15, 0.2) is 24.4 Å². The SMILES string of the molecule is O=C(C1CC12CCNCC2)N1CCN(Cc2ccccn2)CC1. The molecule has 3 heterocycles. The fraction of sp³-hybridized carbons (Fsp3) is 0.667. The Morgan fingerprint density at radius 1 is 1.22 bits per heavy atom. The van der Waals surface area contributed by atoms with E-state index in [1.807, 2.05) is 18.3 Å². The number of nitrogens with one attached hydrogen (secondary N) is 1. The monoisotopic (exact) mass is 314 g/mol. The van der Waals surface area contributed by atoms with E-state index in [-0.39, 0.29) is 0 Å². The quantitative estimate of drug-likeness (QED) is 0.908. The van der Waals surface area contributed by atoms with Crippen LogP contribution in [0.5, 0.6) is 0 Å². The maximum atomic E-state index is 12.8. The van der Waals surface area contributed by atoms with E-state index in [4.69, 9.17) is 0 Å². The average molecular weight is 314 g/mol. The first-order valence-electron chi connectivity index (χ1n) is 8.89. The van der Waals surface area contributed by atoms with Gasteiger partial charge < -0.3 is 10.2 Å². The van der Waals surface area contributed by atoms with Crippen LogP contribution >= 0.6 is 0 Å². The third kappa shape index (κ3) is 3.12. The summed E-state index contributed by atoms with van der Waals surface area (Å²) >= 11 is 0. The van der Waals surface area contributed by atoms with Crippen molar-refractivity contribution in [2.24, 2.45) is 11.3 Å². The molecule has 1 unspecified atom stereocenters. The van der Waals surface area contributed by atoms with Gasteiger partial charge >= 0.3 is 0 Å². The Hall–Kier alpha value is -1.46. The van der Waals surface area contributed by atoms with E-state index in [1.165, 1.54) is 12.8 Å². The molecule has 2 saturated heterocycles. The number of piperazine rings is 1. The van der Waals surface area contributed by atoms with Gasteiger partial charge in [-0.2, -0.15) is 0 Å². The molecule has 1 amide bonds. The topological polar surface area (TPSA) is 48.5 Å². The molecule has 3 aliphatic rings. The van der Waals surface area contributed by atoms with E-state index in [0.29, 0.717) is 17.2 Å². The normalized spacial score (nSPS) is 27.1. The molecule has 5 heteroatoms. The summed E-state index contributed by atoms with van der Waals surface area (Å²) in [7, 11) is 0. The van der Waals surface area contributed by atoms with E-state index in [2.05, 4.69) is 26.2 Å². The summed E-state index contributed by atoms with van der Waals surface area (Å²) in [6.45, 7) is 6.73. The molecule has 1 spiro atoms. The molecule has 23 heavy (non-hydrogen) atoms. The molecule has 1 atom stereocenters. The highest BCUT2D eigenvalue weighted by molar-refractivity contribution is 5.82. The van der Waals surface area contributed by atoms with Crippen LogP contribution in [0.3, 0.4) is 0 Å². The third-order valence-corrected chi connectivity index (χ3v) is 5.88. The van der Waals surface area contributed by atoms with Gasteiger partial charge in [0.1, 0.15) is 0 Å². The van der Waals surface area contributed by atoms with Gasteiger partial charge in [0, 0.05) is 44.8 Å². The van der Waals surface area contributed by atoms with Crippen LogP contribution in [0.25, 0.3) is 0 Å². The maximum Gasteiger partial charge on any atom is 0.226 e. The molecule has 4 rings (SSSR count). The minimum Gasteiger partial charge on any atom is -0.340 e. The van der Waals surface area contributed by atoms with Crippen LogP contribution in [-0.4, -0.2) is 60.0 Å². The van der Waals surface area contributed by atoms with Gasteiger partial charge in [-0.1, -0.05) is 6.07 Å². The minimum absolute atomic E-state index is 0.312. The van der Waals surface area contributed by atoms with Gasteiger partial charge in [-0.15, -0.1) is 0 Å². The second kappa shape index (κ2) is 6.21. The number of rotatable bonds is 3. The van der Waals surface area contributed by atoms with Crippen molar-refractivity contribution in [3.63, 3.8) is 0 Å². The minimum atomic E-state index is 0.312. The second-order valence-electron chi connectivity index (χ2n) is 7.29. The number of hydrogen-bond acceptors (Lipinski definition) is 4. The molecule has 1 aromatic rings. The van der Waals surface area contributed by atoms with Crippen molar-refractivity contribution in [3.05, 3.63) is 30.1 Å². The summed E-state index contributed by atoms with van der Waals surface area (Å²) in [6, 6.07) is 6.06. The van der Waals surface area contributed by atoms with Crippen molar-refractivity contribution < 1.29 is 4.79 Å². The molecule has 1 N–H and O–H groups in total. The first-order chi connectivity index (χ1) is 11.3. The molecule has 1 saturated carbocycles. The number of carbonyl (C=O) groups excluding carboxylic acids is 1. The number of nitrogens with zero attached hydrogens (tertiary/aromatic N) is 3. The molecular formula is C18H26N4O. The average Bonchev–Trinajstić information content (AvgIpc) is 3.29. The molecule has 124 valence electrons. The van der Waals surface area contributed by atoms with Crippen molar-refractivity contribution >= 4 is 5.91 Å². The molecule has 0 radical (unpaired) electrons. The van der Waals surface area contributed by atoms with Crippen molar-refractivity contribution in [2.75, 3.05) is 39.3 Å². The molecule has 1 aromatic heterocycles. The van der Waals surface area contributed by atoms with Gasteiger partial charge in [-0.3, -0.25) is 14.7 Å².